The minimum absolute atomic E-state index is 0.0612. The molecule has 1 N–H and O–H groups in total. The first kappa shape index (κ1) is 19.4. The Labute approximate surface area is 168 Å². The minimum Gasteiger partial charge on any atom is -0.451 e. The standard InChI is InChI=1S/C19H15ClF2N4O3/c1-2-6-29-18-23-17-14(10-8-11(21)15(20)12(22)9-10)16(13-5-3-4-7-28-13)25-26(17)19(27)24-18/h1,8-9,13H,3-7H2,(H,23,24,27). The number of ether oxygens (including phenoxy) is 2. The van der Waals surface area contributed by atoms with Crippen LogP contribution in [0.3, 0.4) is 0 Å². The molecule has 1 unspecified atom stereocenters. The molecule has 1 aliphatic rings. The SMILES string of the molecule is C#CCOc1nc2c(-c3cc(F)c(Cl)c(F)c3)c(C3CCCCO3)nn2c(=O)[nH]1. The number of hydrogen-bond acceptors (Lipinski definition) is 5. The third kappa shape index (κ3) is 3.57. The maximum absolute atomic E-state index is 14.2. The van der Waals surface area contributed by atoms with Gasteiger partial charge in [0.2, 0.25) is 0 Å². The summed E-state index contributed by atoms with van der Waals surface area (Å²) < 4.78 is 40.3. The lowest BCUT2D eigenvalue weighted by atomic mass is 9.98. The van der Waals surface area contributed by atoms with Gasteiger partial charge in [-0.2, -0.15) is 14.6 Å². The highest BCUT2D eigenvalue weighted by Crippen LogP contribution is 2.38. The molecule has 1 saturated heterocycles. The third-order valence-electron chi connectivity index (χ3n) is 4.55. The molecule has 7 nitrogen and oxygen atoms in total. The molecule has 3 aromatic rings. The number of terminal acetylenes is 1. The Kier molecular flexibility index (Phi) is 5.22. The summed E-state index contributed by atoms with van der Waals surface area (Å²) in [4.78, 5) is 19.2. The Balaban J connectivity index is 1.98. The van der Waals surface area contributed by atoms with Gasteiger partial charge < -0.3 is 9.47 Å². The van der Waals surface area contributed by atoms with E-state index in [9.17, 15) is 13.6 Å². The zero-order valence-corrected chi connectivity index (χ0v) is 15.8. The van der Waals surface area contributed by atoms with E-state index in [-0.39, 0.29) is 29.4 Å². The van der Waals surface area contributed by atoms with E-state index in [0.29, 0.717) is 18.7 Å². The van der Waals surface area contributed by atoms with Crippen molar-refractivity contribution in [2.75, 3.05) is 13.2 Å². The van der Waals surface area contributed by atoms with Crippen molar-refractivity contribution in [3.05, 3.63) is 45.0 Å². The van der Waals surface area contributed by atoms with Crippen LogP contribution in [0.15, 0.2) is 16.9 Å². The van der Waals surface area contributed by atoms with Gasteiger partial charge in [-0.05, 0) is 37.0 Å². The lowest BCUT2D eigenvalue weighted by Crippen LogP contribution is -2.20. The van der Waals surface area contributed by atoms with E-state index >= 15 is 0 Å². The largest absolute Gasteiger partial charge is 0.451 e. The lowest BCUT2D eigenvalue weighted by Gasteiger charge is -2.21. The summed E-state index contributed by atoms with van der Waals surface area (Å²) in [6.45, 7) is 0.396. The van der Waals surface area contributed by atoms with Gasteiger partial charge >= 0.3 is 11.7 Å². The average molecular weight is 421 g/mol. The number of benzene rings is 1. The van der Waals surface area contributed by atoms with E-state index in [1.807, 2.05) is 0 Å². The molecule has 150 valence electrons. The van der Waals surface area contributed by atoms with E-state index in [4.69, 9.17) is 27.5 Å². The smallest absolute Gasteiger partial charge is 0.352 e. The van der Waals surface area contributed by atoms with Crippen molar-refractivity contribution in [2.45, 2.75) is 25.4 Å². The number of fused-ring (bicyclic) bond motifs is 1. The number of aromatic nitrogens is 4. The summed E-state index contributed by atoms with van der Waals surface area (Å²) in [5.41, 5.74) is 0.178. The fraction of sp³-hybridized carbons (Fsp3) is 0.316. The summed E-state index contributed by atoms with van der Waals surface area (Å²) in [7, 11) is 0. The van der Waals surface area contributed by atoms with Gasteiger partial charge in [0.05, 0.1) is 5.56 Å². The molecule has 3 heterocycles. The van der Waals surface area contributed by atoms with Crippen LogP contribution >= 0.6 is 11.6 Å². The molecule has 0 aliphatic carbocycles. The molecule has 1 aromatic carbocycles. The van der Waals surface area contributed by atoms with Crippen LogP contribution in [0.5, 0.6) is 6.01 Å². The molecular formula is C19H15ClF2N4O3. The zero-order chi connectivity index (χ0) is 20.5. The molecule has 1 atom stereocenters. The number of rotatable bonds is 4. The molecule has 10 heteroatoms. The van der Waals surface area contributed by atoms with Gasteiger partial charge in [-0.15, -0.1) is 6.42 Å². The second-order valence-corrected chi connectivity index (χ2v) is 6.82. The van der Waals surface area contributed by atoms with Gasteiger partial charge in [-0.25, -0.2) is 13.6 Å². The first-order valence-corrected chi connectivity index (χ1v) is 9.23. The maximum atomic E-state index is 14.2. The number of H-pyrrole nitrogens is 1. The van der Waals surface area contributed by atoms with E-state index in [2.05, 4.69) is 21.0 Å². The highest BCUT2D eigenvalue weighted by atomic mass is 35.5. The molecule has 0 radical (unpaired) electrons. The van der Waals surface area contributed by atoms with Crippen molar-refractivity contribution in [1.29, 1.82) is 0 Å². The summed E-state index contributed by atoms with van der Waals surface area (Å²) in [5, 5.41) is 3.71. The Morgan fingerprint density at radius 2 is 2.14 bits per heavy atom. The average Bonchev–Trinajstić information content (AvgIpc) is 3.11. The van der Waals surface area contributed by atoms with Gasteiger partial charge in [0, 0.05) is 6.61 Å². The van der Waals surface area contributed by atoms with Crippen LogP contribution in [0, 0.1) is 24.0 Å². The molecular weight excluding hydrogens is 406 g/mol. The first-order chi connectivity index (χ1) is 14.0. The Hall–Kier alpha value is -2.96. The summed E-state index contributed by atoms with van der Waals surface area (Å²) in [6, 6.07) is 2.01. The van der Waals surface area contributed by atoms with Crippen LogP contribution in [-0.4, -0.2) is 32.8 Å². The highest BCUT2D eigenvalue weighted by molar-refractivity contribution is 6.31. The van der Waals surface area contributed by atoms with Gasteiger partial charge in [0.1, 0.15) is 28.5 Å². The van der Waals surface area contributed by atoms with Crippen LogP contribution in [0.4, 0.5) is 8.78 Å². The number of nitrogens with zero attached hydrogens (tertiary/aromatic N) is 3. The highest BCUT2D eigenvalue weighted by Gasteiger charge is 2.28. The van der Waals surface area contributed by atoms with Crippen molar-refractivity contribution in [1.82, 2.24) is 19.6 Å². The van der Waals surface area contributed by atoms with Crippen molar-refractivity contribution >= 4 is 17.2 Å². The van der Waals surface area contributed by atoms with Gasteiger partial charge in [0.15, 0.2) is 12.3 Å². The van der Waals surface area contributed by atoms with Crippen molar-refractivity contribution in [3.8, 4) is 29.5 Å². The van der Waals surface area contributed by atoms with Gasteiger partial charge in [-0.1, -0.05) is 17.5 Å². The number of aromatic amines is 1. The van der Waals surface area contributed by atoms with E-state index < -0.39 is 28.5 Å². The number of halogens is 3. The molecule has 0 bridgehead atoms. The quantitative estimate of drug-likeness (QED) is 0.517. The van der Waals surface area contributed by atoms with Crippen LogP contribution in [-0.2, 0) is 4.74 Å². The van der Waals surface area contributed by atoms with Crippen LogP contribution in [0.25, 0.3) is 16.8 Å². The van der Waals surface area contributed by atoms with E-state index in [0.717, 1.165) is 29.5 Å². The van der Waals surface area contributed by atoms with Crippen LogP contribution < -0.4 is 10.4 Å². The minimum atomic E-state index is -0.940. The number of hydrogen-bond donors (Lipinski definition) is 1. The Morgan fingerprint density at radius 3 is 2.79 bits per heavy atom. The molecule has 1 fully saturated rings. The van der Waals surface area contributed by atoms with Crippen LogP contribution in [0.2, 0.25) is 5.02 Å². The second kappa shape index (κ2) is 7.81. The van der Waals surface area contributed by atoms with E-state index in [1.54, 1.807) is 0 Å². The second-order valence-electron chi connectivity index (χ2n) is 6.44. The maximum Gasteiger partial charge on any atom is 0.352 e. The fourth-order valence-corrected chi connectivity index (χ4v) is 3.39. The lowest BCUT2D eigenvalue weighted by molar-refractivity contribution is 0.0125. The normalized spacial score (nSPS) is 16.7. The van der Waals surface area contributed by atoms with Crippen molar-refractivity contribution < 1.29 is 18.3 Å². The zero-order valence-electron chi connectivity index (χ0n) is 15.0. The summed E-state index contributed by atoms with van der Waals surface area (Å²) >= 11 is 5.62. The molecule has 0 spiro atoms. The summed E-state index contributed by atoms with van der Waals surface area (Å²) in [5.74, 6) is 0.388. The third-order valence-corrected chi connectivity index (χ3v) is 4.91. The molecule has 0 amide bonds. The predicted octanol–water partition coefficient (Wildman–Crippen LogP) is 3.27. The van der Waals surface area contributed by atoms with Crippen molar-refractivity contribution in [2.24, 2.45) is 0 Å². The monoisotopic (exact) mass is 420 g/mol. The summed E-state index contributed by atoms with van der Waals surface area (Å²) in [6.07, 6.45) is 7.16. The predicted molar refractivity (Wildman–Crippen MR) is 101 cm³/mol. The first-order valence-electron chi connectivity index (χ1n) is 8.85. The molecule has 2 aromatic heterocycles. The topological polar surface area (TPSA) is 81.5 Å². The Bertz CT molecular complexity index is 1160. The fourth-order valence-electron chi connectivity index (χ4n) is 3.28. The molecule has 4 rings (SSSR count). The Morgan fingerprint density at radius 1 is 1.38 bits per heavy atom. The molecule has 29 heavy (non-hydrogen) atoms. The van der Waals surface area contributed by atoms with Gasteiger partial charge in [0.25, 0.3) is 0 Å². The molecule has 1 aliphatic heterocycles. The molecule has 0 saturated carbocycles. The number of nitrogens with one attached hydrogen (secondary N) is 1. The van der Waals surface area contributed by atoms with E-state index in [1.165, 1.54) is 0 Å². The van der Waals surface area contributed by atoms with Gasteiger partial charge in [-0.3, -0.25) is 4.98 Å². The van der Waals surface area contributed by atoms with Crippen molar-refractivity contribution in [3.63, 3.8) is 0 Å². The van der Waals surface area contributed by atoms with Crippen LogP contribution in [0.1, 0.15) is 31.1 Å².